The molecule has 0 aromatic rings. The van der Waals surface area contributed by atoms with Crippen molar-refractivity contribution in [3.63, 3.8) is 0 Å². The van der Waals surface area contributed by atoms with Gasteiger partial charge in [0.05, 0.1) is 0 Å². The summed E-state index contributed by atoms with van der Waals surface area (Å²) in [5, 5.41) is 2.87. The molecule has 0 heterocycles. The molecule has 0 rings (SSSR count). The van der Waals surface area contributed by atoms with E-state index in [1.165, 1.54) is 64.2 Å². The standard InChI is InChI=1S/C31H59NO5/c1-8-23-26(29(35)37-31(5,6)7)32-27(33)24-21-19-17-15-13-11-9-10-12-14-16-18-20-22-25-28(34)36-30(2,3)4/h26H,8-25H2,1-7H3,(H,32,33)/t26-/m0/s1. The molecule has 0 spiro atoms. The number of hydrogen-bond donors (Lipinski definition) is 1. The quantitative estimate of drug-likeness (QED) is 0.121. The summed E-state index contributed by atoms with van der Waals surface area (Å²) < 4.78 is 10.8. The Morgan fingerprint density at radius 3 is 1.35 bits per heavy atom. The minimum absolute atomic E-state index is 0.0488. The van der Waals surface area contributed by atoms with Crippen molar-refractivity contribution in [2.45, 2.75) is 181 Å². The highest BCUT2D eigenvalue weighted by molar-refractivity contribution is 5.84. The molecule has 0 unspecified atom stereocenters. The number of rotatable bonds is 21. The molecule has 1 atom stereocenters. The van der Waals surface area contributed by atoms with Crippen molar-refractivity contribution < 1.29 is 23.9 Å². The van der Waals surface area contributed by atoms with E-state index in [1.807, 2.05) is 48.5 Å². The topological polar surface area (TPSA) is 81.7 Å². The maximum absolute atomic E-state index is 12.3. The molecule has 1 amide bonds. The fraction of sp³-hybridized carbons (Fsp3) is 0.903. The Morgan fingerprint density at radius 2 is 0.973 bits per heavy atom. The largest absolute Gasteiger partial charge is 0.460 e. The molecule has 0 bridgehead atoms. The summed E-state index contributed by atoms with van der Waals surface area (Å²) in [5.41, 5.74) is -0.918. The van der Waals surface area contributed by atoms with Crippen molar-refractivity contribution in [3.8, 4) is 0 Å². The van der Waals surface area contributed by atoms with Gasteiger partial charge in [0.1, 0.15) is 17.2 Å². The lowest BCUT2D eigenvalue weighted by Crippen LogP contribution is -2.44. The van der Waals surface area contributed by atoms with Crippen molar-refractivity contribution in [2.75, 3.05) is 0 Å². The van der Waals surface area contributed by atoms with E-state index in [1.54, 1.807) is 0 Å². The number of unbranched alkanes of at least 4 members (excludes halogenated alkanes) is 13. The third kappa shape index (κ3) is 24.5. The van der Waals surface area contributed by atoms with Gasteiger partial charge in [-0.3, -0.25) is 9.59 Å². The normalized spacial score (nSPS) is 12.7. The van der Waals surface area contributed by atoms with Gasteiger partial charge < -0.3 is 14.8 Å². The third-order valence-electron chi connectivity index (χ3n) is 6.06. The van der Waals surface area contributed by atoms with Crippen LogP contribution in [0.4, 0.5) is 0 Å². The molecule has 0 saturated heterocycles. The van der Waals surface area contributed by atoms with Gasteiger partial charge in [-0.1, -0.05) is 90.4 Å². The molecule has 0 aromatic heterocycles. The predicted octanol–water partition coefficient (Wildman–Crippen LogP) is 8.20. The summed E-state index contributed by atoms with van der Waals surface area (Å²) in [6, 6.07) is -0.541. The van der Waals surface area contributed by atoms with Gasteiger partial charge in [0, 0.05) is 12.8 Å². The molecule has 0 aliphatic heterocycles. The van der Waals surface area contributed by atoms with Crippen molar-refractivity contribution in [2.24, 2.45) is 0 Å². The molecule has 0 aliphatic carbocycles. The van der Waals surface area contributed by atoms with Crippen LogP contribution < -0.4 is 5.32 Å². The van der Waals surface area contributed by atoms with E-state index in [9.17, 15) is 14.4 Å². The number of nitrogens with one attached hydrogen (secondary N) is 1. The first-order valence-corrected chi connectivity index (χ1v) is 15.1. The zero-order chi connectivity index (χ0) is 28.2. The zero-order valence-corrected chi connectivity index (χ0v) is 25.3. The molecular formula is C31H59NO5. The van der Waals surface area contributed by atoms with Gasteiger partial charge in [0.25, 0.3) is 0 Å². The van der Waals surface area contributed by atoms with Crippen LogP contribution >= 0.6 is 0 Å². The Bertz CT molecular complexity index is 618. The van der Waals surface area contributed by atoms with Crippen molar-refractivity contribution >= 4 is 17.8 Å². The Labute approximate surface area is 228 Å². The smallest absolute Gasteiger partial charge is 0.329 e. The fourth-order valence-corrected chi connectivity index (χ4v) is 4.25. The maximum atomic E-state index is 12.3. The second-order valence-corrected chi connectivity index (χ2v) is 12.5. The van der Waals surface area contributed by atoms with Crippen LogP contribution in [0.2, 0.25) is 0 Å². The van der Waals surface area contributed by atoms with Crippen LogP contribution in [-0.2, 0) is 23.9 Å². The Balaban J connectivity index is 3.57. The van der Waals surface area contributed by atoms with Crippen LogP contribution in [0.25, 0.3) is 0 Å². The van der Waals surface area contributed by atoms with Crippen molar-refractivity contribution in [1.29, 1.82) is 0 Å². The third-order valence-corrected chi connectivity index (χ3v) is 6.06. The van der Waals surface area contributed by atoms with Crippen molar-refractivity contribution in [1.82, 2.24) is 5.32 Å². The number of carbonyl (C=O) groups is 3. The van der Waals surface area contributed by atoms with Crippen LogP contribution in [0.5, 0.6) is 0 Å². The first-order valence-electron chi connectivity index (χ1n) is 15.1. The summed E-state index contributed by atoms with van der Waals surface area (Å²) in [4.78, 5) is 36.2. The zero-order valence-electron chi connectivity index (χ0n) is 25.3. The van der Waals surface area contributed by atoms with E-state index in [-0.39, 0.29) is 23.4 Å². The summed E-state index contributed by atoms with van der Waals surface area (Å²) in [7, 11) is 0. The summed E-state index contributed by atoms with van der Waals surface area (Å²) in [6.45, 7) is 13.3. The minimum Gasteiger partial charge on any atom is -0.460 e. The van der Waals surface area contributed by atoms with Gasteiger partial charge in [-0.05, 0) is 60.8 Å². The van der Waals surface area contributed by atoms with Gasteiger partial charge in [-0.25, -0.2) is 4.79 Å². The maximum Gasteiger partial charge on any atom is 0.329 e. The summed E-state index contributed by atoms with van der Waals surface area (Å²) >= 11 is 0. The van der Waals surface area contributed by atoms with Crippen LogP contribution in [0.1, 0.15) is 164 Å². The number of esters is 2. The van der Waals surface area contributed by atoms with Crippen LogP contribution in [0.3, 0.4) is 0 Å². The van der Waals surface area contributed by atoms with Crippen molar-refractivity contribution in [3.05, 3.63) is 0 Å². The van der Waals surface area contributed by atoms with E-state index >= 15 is 0 Å². The number of ether oxygens (including phenoxy) is 2. The monoisotopic (exact) mass is 525 g/mol. The Kier molecular flexibility index (Phi) is 19.5. The minimum atomic E-state index is -0.542. The molecule has 0 saturated carbocycles. The number of carbonyl (C=O) groups excluding carboxylic acids is 3. The van der Waals surface area contributed by atoms with Gasteiger partial charge in [-0.15, -0.1) is 0 Å². The van der Waals surface area contributed by atoms with E-state index in [0.29, 0.717) is 19.3 Å². The molecule has 0 aliphatic rings. The molecule has 6 heteroatoms. The second-order valence-electron chi connectivity index (χ2n) is 12.5. The van der Waals surface area contributed by atoms with Crippen LogP contribution in [0.15, 0.2) is 0 Å². The highest BCUT2D eigenvalue weighted by Gasteiger charge is 2.25. The molecule has 0 fully saturated rings. The summed E-state index contributed by atoms with van der Waals surface area (Å²) in [6.07, 6.45) is 19.1. The predicted molar refractivity (Wildman–Crippen MR) is 152 cm³/mol. The lowest BCUT2D eigenvalue weighted by Gasteiger charge is -2.24. The molecule has 1 N–H and O–H groups in total. The average Bonchev–Trinajstić information content (AvgIpc) is 2.76. The molecule has 218 valence electrons. The van der Waals surface area contributed by atoms with Gasteiger partial charge in [0.15, 0.2) is 0 Å². The Hall–Kier alpha value is -1.59. The SMILES string of the molecule is CCC[C@H](NC(=O)CCCCCCCCCCCCCCCCC(=O)OC(C)(C)C)C(=O)OC(C)(C)C. The lowest BCUT2D eigenvalue weighted by molar-refractivity contribution is -0.159. The first-order chi connectivity index (χ1) is 17.3. The molecule has 6 nitrogen and oxygen atoms in total. The lowest BCUT2D eigenvalue weighted by atomic mass is 10.0. The van der Waals surface area contributed by atoms with E-state index in [4.69, 9.17) is 9.47 Å². The van der Waals surface area contributed by atoms with Gasteiger partial charge >= 0.3 is 11.9 Å². The Morgan fingerprint density at radius 1 is 0.595 bits per heavy atom. The fourth-order valence-electron chi connectivity index (χ4n) is 4.25. The molecule has 37 heavy (non-hydrogen) atoms. The molecule has 0 radical (unpaired) electrons. The highest BCUT2D eigenvalue weighted by atomic mass is 16.6. The van der Waals surface area contributed by atoms with E-state index < -0.39 is 11.6 Å². The molecule has 0 aromatic carbocycles. The summed E-state index contributed by atoms with van der Waals surface area (Å²) in [5.74, 6) is -0.459. The molecular weight excluding hydrogens is 466 g/mol. The highest BCUT2D eigenvalue weighted by Crippen LogP contribution is 2.15. The van der Waals surface area contributed by atoms with Crippen LogP contribution in [0, 0.1) is 0 Å². The number of amides is 1. The average molecular weight is 526 g/mol. The first kappa shape index (κ1) is 35.4. The van der Waals surface area contributed by atoms with Gasteiger partial charge in [-0.2, -0.15) is 0 Å². The number of hydrogen-bond acceptors (Lipinski definition) is 5. The van der Waals surface area contributed by atoms with E-state index in [0.717, 1.165) is 32.1 Å². The van der Waals surface area contributed by atoms with Gasteiger partial charge in [0.2, 0.25) is 5.91 Å². The second kappa shape index (κ2) is 20.4. The van der Waals surface area contributed by atoms with Crippen LogP contribution in [-0.4, -0.2) is 35.1 Å². The van der Waals surface area contributed by atoms with E-state index in [2.05, 4.69) is 5.32 Å².